The van der Waals surface area contributed by atoms with Gasteiger partial charge in [0.25, 0.3) is 0 Å². The highest BCUT2D eigenvalue weighted by Gasteiger charge is 2.35. The molecule has 1 heterocycles. The molecule has 1 aliphatic heterocycles. The minimum atomic E-state index is -0.943. The van der Waals surface area contributed by atoms with Gasteiger partial charge >= 0.3 is 5.97 Å². The highest BCUT2D eigenvalue weighted by Crippen LogP contribution is 2.34. The lowest BCUT2D eigenvalue weighted by Crippen LogP contribution is -2.47. The van der Waals surface area contributed by atoms with Crippen molar-refractivity contribution in [3.05, 3.63) is 0 Å². The molecule has 4 nitrogen and oxygen atoms in total. The number of thioether (sulfide) groups is 1. The van der Waals surface area contributed by atoms with Gasteiger partial charge in [-0.15, -0.1) is 11.8 Å². The van der Waals surface area contributed by atoms with Crippen LogP contribution in [0.25, 0.3) is 0 Å². The molecular formula is C9H17NO3S. The van der Waals surface area contributed by atoms with Gasteiger partial charge in [-0.1, -0.05) is 0 Å². The molecule has 0 saturated carbocycles. The van der Waals surface area contributed by atoms with Crippen LogP contribution in [0.4, 0.5) is 0 Å². The summed E-state index contributed by atoms with van der Waals surface area (Å²) >= 11 is 1.62. The summed E-state index contributed by atoms with van der Waals surface area (Å²) in [4.78, 5) is 10.8. The van der Waals surface area contributed by atoms with Gasteiger partial charge in [0.2, 0.25) is 0 Å². The lowest BCUT2D eigenvalue weighted by atomic mass is 10.1. The maximum Gasteiger partial charge on any atom is 0.321 e. The Morgan fingerprint density at radius 2 is 2.36 bits per heavy atom. The van der Waals surface area contributed by atoms with E-state index in [1.807, 2.05) is 13.8 Å². The number of nitrogens with two attached hydrogens (primary N) is 1. The van der Waals surface area contributed by atoms with Gasteiger partial charge in [0.1, 0.15) is 6.04 Å². The van der Waals surface area contributed by atoms with Crippen molar-refractivity contribution in [1.82, 2.24) is 0 Å². The number of carbonyl (C=O) groups is 1. The maximum absolute atomic E-state index is 10.8. The number of ether oxygens (including phenoxy) is 1. The van der Waals surface area contributed by atoms with Crippen LogP contribution in [0, 0.1) is 0 Å². The fraction of sp³-hybridized carbons (Fsp3) is 0.889. The van der Waals surface area contributed by atoms with E-state index in [0.717, 1.165) is 13.0 Å². The first kappa shape index (κ1) is 11.8. The Labute approximate surface area is 88.2 Å². The number of hydrogen-bond acceptors (Lipinski definition) is 4. The maximum atomic E-state index is 10.8. The van der Waals surface area contributed by atoms with Crippen molar-refractivity contribution in [2.45, 2.75) is 36.3 Å². The van der Waals surface area contributed by atoms with Crippen molar-refractivity contribution in [3.8, 4) is 0 Å². The second-order valence-corrected chi connectivity index (χ2v) is 5.98. The van der Waals surface area contributed by atoms with E-state index in [-0.39, 0.29) is 0 Å². The molecule has 3 N–H and O–H groups in total. The molecule has 82 valence electrons. The minimum Gasteiger partial charge on any atom is -0.480 e. The van der Waals surface area contributed by atoms with E-state index in [1.165, 1.54) is 0 Å². The molecule has 1 saturated heterocycles. The Morgan fingerprint density at radius 3 is 2.79 bits per heavy atom. The molecule has 0 spiro atoms. The molecular weight excluding hydrogens is 202 g/mol. The topological polar surface area (TPSA) is 72.5 Å². The molecule has 0 aromatic rings. The van der Waals surface area contributed by atoms with Crippen molar-refractivity contribution in [2.75, 3.05) is 13.2 Å². The standard InChI is InChI=1S/C9H17NO3S/c1-9(2,7(10)8(11)12)14-6-3-4-13-5-6/h6-7H,3-5,10H2,1-2H3,(H,11,12)/t6?,7-/m0/s1. The molecule has 0 amide bonds. The van der Waals surface area contributed by atoms with E-state index in [4.69, 9.17) is 15.6 Å². The average molecular weight is 219 g/mol. The third-order valence-electron chi connectivity index (χ3n) is 2.37. The zero-order valence-corrected chi connectivity index (χ0v) is 9.34. The minimum absolute atomic E-state index is 0.385. The molecule has 14 heavy (non-hydrogen) atoms. The van der Waals surface area contributed by atoms with Gasteiger partial charge in [0, 0.05) is 16.6 Å². The van der Waals surface area contributed by atoms with Crippen molar-refractivity contribution in [3.63, 3.8) is 0 Å². The lowest BCUT2D eigenvalue weighted by molar-refractivity contribution is -0.139. The van der Waals surface area contributed by atoms with Crippen LogP contribution in [-0.2, 0) is 9.53 Å². The van der Waals surface area contributed by atoms with E-state index in [9.17, 15) is 4.79 Å². The van der Waals surface area contributed by atoms with Crippen LogP contribution in [0.5, 0.6) is 0 Å². The third kappa shape index (κ3) is 2.87. The van der Waals surface area contributed by atoms with Gasteiger partial charge in [-0.25, -0.2) is 0 Å². The van der Waals surface area contributed by atoms with Crippen molar-refractivity contribution >= 4 is 17.7 Å². The van der Waals surface area contributed by atoms with E-state index >= 15 is 0 Å². The number of rotatable bonds is 4. The Kier molecular flexibility index (Phi) is 3.80. The monoisotopic (exact) mass is 219 g/mol. The molecule has 1 rings (SSSR count). The van der Waals surface area contributed by atoms with Crippen molar-refractivity contribution in [2.24, 2.45) is 5.73 Å². The van der Waals surface area contributed by atoms with Crippen LogP contribution in [0.3, 0.4) is 0 Å². The second-order valence-electron chi connectivity index (χ2n) is 4.02. The van der Waals surface area contributed by atoms with Gasteiger partial charge in [-0.3, -0.25) is 4.79 Å². The molecule has 1 aliphatic rings. The zero-order valence-electron chi connectivity index (χ0n) is 8.53. The van der Waals surface area contributed by atoms with Gasteiger partial charge in [0.05, 0.1) is 6.61 Å². The molecule has 0 aromatic heterocycles. The predicted molar refractivity (Wildman–Crippen MR) is 56.5 cm³/mol. The summed E-state index contributed by atoms with van der Waals surface area (Å²) in [5, 5.41) is 9.21. The van der Waals surface area contributed by atoms with E-state index in [2.05, 4.69) is 0 Å². The summed E-state index contributed by atoms with van der Waals surface area (Å²) in [7, 11) is 0. The summed E-state index contributed by atoms with van der Waals surface area (Å²) in [6.07, 6.45) is 0.987. The van der Waals surface area contributed by atoms with E-state index in [1.54, 1.807) is 11.8 Å². The second kappa shape index (κ2) is 4.51. The van der Waals surface area contributed by atoms with E-state index < -0.39 is 16.8 Å². The number of carboxylic acid groups (broad SMARTS) is 1. The van der Waals surface area contributed by atoms with Crippen LogP contribution in [0.1, 0.15) is 20.3 Å². The fourth-order valence-electron chi connectivity index (χ4n) is 1.41. The van der Waals surface area contributed by atoms with Crippen LogP contribution in [-0.4, -0.2) is 40.3 Å². The number of hydrogen-bond donors (Lipinski definition) is 2. The molecule has 0 aliphatic carbocycles. The average Bonchev–Trinajstić information content (AvgIpc) is 2.54. The van der Waals surface area contributed by atoms with Crippen molar-refractivity contribution < 1.29 is 14.6 Å². The SMILES string of the molecule is CC(C)(SC1CCOC1)[C@@H](N)C(=O)O. The first-order valence-electron chi connectivity index (χ1n) is 4.67. The van der Waals surface area contributed by atoms with Crippen LogP contribution in [0.15, 0.2) is 0 Å². The quantitative estimate of drug-likeness (QED) is 0.728. The molecule has 1 unspecified atom stereocenters. The van der Waals surface area contributed by atoms with Crippen LogP contribution >= 0.6 is 11.8 Å². The summed E-state index contributed by atoms with van der Waals surface area (Å²) in [6.45, 7) is 5.22. The summed E-state index contributed by atoms with van der Waals surface area (Å²) < 4.78 is 4.79. The Balaban J connectivity index is 2.51. The van der Waals surface area contributed by atoms with Crippen LogP contribution in [0.2, 0.25) is 0 Å². The first-order chi connectivity index (χ1) is 6.43. The predicted octanol–water partition coefficient (Wildman–Crippen LogP) is 0.699. The van der Waals surface area contributed by atoms with Crippen LogP contribution < -0.4 is 5.73 Å². The lowest BCUT2D eigenvalue weighted by Gasteiger charge is -2.30. The fourth-order valence-corrected chi connectivity index (χ4v) is 2.89. The highest BCUT2D eigenvalue weighted by atomic mass is 32.2. The molecule has 2 atom stereocenters. The van der Waals surface area contributed by atoms with Crippen molar-refractivity contribution in [1.29, 1.82) is 0 Å². The summed E-state index contributed by atoms with van der Waals surface area (Å²) in [6, 6.07) is -0.826. The Morgan fingerprint density at radius 1 is 1.71 bits per heavy atom. The number of carboxylic acids is 1. The molecule has 0 aromatic carbocycles. The Bertz CT molecular complexity index is 214. The summed E-state index contributed by atoms with van der Waals surface area (Å²) in [5.74, 6) is -0.943. The van der Waals surface area contributed by atoms with E-state index in [0.29, 0.717) is 11.9 Å². The largest absolute Gasteiger partial charge is 0.480 e. The first-order valence-corrected chi connectivity index (χ1v) is 5.55. The van der Waals surface area contributed by atoms with Gasteiger partial charge in [-0.05, 0) is 20.3 Å². The molecule has 5 heteroatoms. The summed E-state index contributed by atoms with van der Waals surface area (Å²) in [5.41, 5.74) is 5.61. The number of aliphatic carboxylic acids is 1. The molecule has 0 bridgehead atoms. The highest BCUT2D eigenvalue weighted by molar-refractivity contribution is 8.01. The smallest absolute Gasteiger partial charge is 0.321 e. The third-order valence-corrected chi connectivity index (χ3v) is 3.94. The molecule has 0 radical (unpaired) electrons. The molecule has 1 fully saturated rings. The van der Waals surface area contributed by atoms with Gasteiger partial charge in [0.15, 0.2) is 0 Å². The Hall–Kier alpha value is -0.260. The van der Waals surface area contributed by atoms with Gasteiger partial charge < -0.3 is 15.6 Å². The zero-order chi connectivity index (χ0) is 10.8. The normalized spacial score (nSPS) is 24.9. The van der Waals surface area contributed by atoms with Gasteiger partial charge in [-0.2, -0.15) is 0 Å².